The van der Waals surface area contributed by atoms with Crippen LogP contribution in [0.25, 0.3) is 11.3 Å². The number of aromatic carboxylic acids is 1. The zero-order valence-corrected chi connectivity index (χ0v) is 18.6. The van der Waals surface area contributed by atoms with Gasteiger partial charge >= 0.3 is 5.97 Å². The Kier molecular flexibility index (Phi) is 5.61. The molecule has 0 bridgehead atoms. The number of nitrogens with zero attached hydrogens (tertiary/aromatic N) is 1. The van der Waals surface area contributed by atoms with E-state index >= 15 is 0 Å². The Bertz CT molecular complexity index is 1240. The molecule has 1 aliphatic carbocycles. The van der Waals surface area contributed by atoms with Gasteiger partial charge in [-0.15, -0.1) is 0 Å². The smallest absolute Gasteiger partial charge is 0.341 e. The van der Waals surface area contributed by atoms with E-state index in [0.717, 1.165) is 0 Å². The number of carboxylic acids is 1. The number of sulfone groups is 1. The van der Waals surface area contributed by atoms with Gasteiger partial charge in [0.1, 0.15) is 11.3 Å². The van der Waals surface area contributed by atoms with Crippen LogP contribution in [0.3, 0.4) is 0 Å². The summed E-state index contributed by atoms with van der Waals surface area (Å²) in [4.78, 5) is 24.6. The third-order valence-electron chi connectivity index (χ3n) is 5.66. The fourth-order valence-corrected chi connectivity index (χ4v) is 5.77. The van der Waals surface area contributed by atoms with Crippen molar-refractivity contribution in [2.45, 2.75) is 36.5 Å². The number of pyridine rings is 1. The van der Waals surface area contributed by atoms with Crippen molar-refractivity contribution in [1.29, 1.82) is 0 Å². The molecule has 2 aromatic rings. The maximum absolute atomic E-state index is 13.0. The molecule has 31 heavy (non-hydrogen) atoms. The molecule has 2 unspecified atom stereocenters. The standard InChI is InChI=1S/C21H22ClNO7S/c1-11-6-16(11)23-19-12(7-14(20(23)24)21(25)26)10-31(27,28)18-9-17(15(22)8-13(18)19)30-5-3-4-29-2/h7-9,11,16H,3-6,10H2,1-2H3,(H,25,26). The largest absolute Gasteiger partial charge is 0.492 e. The van der Waals surface area contributed by atoms with E-state index in [4.69, 9.17) is 21.1 Å². The Morgan fingerprint density at radius 1 is 1.29 bits per heavy atom. The summed E-state index contributed by atoms with van der Waals surface area (Å²) >= 11 is 6.40. The van der Waals surface area contributed by atoms with Crippen molar-refractivity contribution >= 4 is 27.4 Å². The van der Waals surface area contributed by atoms with E-state index in [1.54, 1.807) is 7.11 Å². The van der Waals surface area contributed by atoms with Gasteiger partial charge < -0.3 is 19.1 Å². The van der Waals surface area contributed by atoms with Crippen molar-refractivity contribution in [3.63, 3.8) is 0 Å². The lowest BCUT2D eigenvalue weighted by atomic mass is 10.0. The van der Waals surface area contributed by atoms with Gasteiger partial charge in [0.15, 0.2) is 9.84 Å². The molecule has 166 valence electrons. The molecule has 0 saturated heterocycles. The summed E-state index contributed by atoms with van der Waals surface area (Å²) in [5.74, 6) is -1.36. The number of halogens is 1. The molecule has 10 heteroatoms. The van der Waals surface area contributed by atoms with Gasteiger partial charge in [-0.3, -0.25) is 4.79 Å². The molecule has 0 radical (unpaired) electrons. The van der Waals surface area contributed by atoms with E-state index < -0.39 is 32.7 Å². The molecule has 0 amide bonds. The van der Waals surface area contributed by atoms with Crippen LogP contribution in [0.4, 0.5) is 0 Å². The summed E-state index contributed by atoms with van der Waals surface area (Å²) in [6, 6.07) is 3.87. The molecular weight excluding hydrogens is 446 g/mol. The molecule has 1 saturated carbocycles. The van der Waals surface area contributed by atoms with E-state index in [1.807, 2.05) is 6.92 Å². The number of carbonyl (C=O) groups is 1. The second kappa shape index (κ2) is 7.96. The quantitative estimate of drug-likeness (QED) is 0.622. The minimum atomic E-state index is -3.79. The topological polar surface area (TPSA) is 112 Å². The minimum absolute atomic E-state index is 0.0238. The van der Waals surface area contributed by atoms with Gasteiger partial charge in [0.05, 0.1) is 28.0 Å². The Hall–Kier alpha value is -2.36. The summed E-state index contributed by atoms with van der Waals surface area (Å²) in [6.45, 7) is 2.75. The minimum Gasteiger partial charge on any atom is -0.492 e. The van der Waals surface area contributed by atoms with Gasteiger partial charge in [0.25, 0.3) is 5.56 Å². The molecule has 2 atom stereocenters. The lowest BCUT2D eigenvalue weighted by Gasteiger charge is -2.25. The monoisotopic (exact) mass is 467 g/mol. The maximum atomic E-state index is 13.0. The lowest BCUT2D eigenvalue weighted by Crippen LogP contribution is -2.31. The Balaban J connectivity index is 1.91. The summed E-state index contributed by atoms with van der Waals surface area (Å²) in [6.07, 6.45) is 1.32. The molecule has 1 aromatic heterocycles. The molecule has 1 aliphatic heterocycles. The van der Waals surface area contributed by atoms with Crippen LogP contribution in [0.2, 0.25) is 5.02 Å². The lowest BCUT2D eigenvalue weighted by molar-refractivity contribution is 0.0694. The fraction of sp³-hybridized carbons (Fsp3) is 0.429. The van der Waals surface area contributed by atoms with Crippen LogP contribution < -0.4 is 10.3 Å². The first-order valence-electron chi connectivity index (χ1n) is 9.85. The van der Waals surface area contributed by atoms with Gasteiger partial charge in [-0.1, -0.05) is 18.5 Å². The van der Waals surface area contributed by atoms with Crippen molar-refractivity contribution in [2.24, 2.45) is 5.92 Å². The predicted molar refractivity (Wildman–Crippen MR) is 114 cm³/mol. The number of ether oxygens (including phenoxy) is 2. The van der Waals surface area contributed by atoms with E-state index in [1.165, 1.54) is 22.8 Å². The van der Waals surface area contributed by atoms with Gasteiger partial charge in [-0.2, -0.15) is 0 Å². The zero-order valence-electron chi connectivity index (χ0n) is 17.1. The number of hydrogen-bond acceptors (Lipinski definition) is 6. The zero-order chi connectivity index (χ0) is 22.5. The van der Waals surface area contributed by atoms with Crippen molar-refractivity contribution in [3.8, 4) is 17.0 Å². The highest BCUT2D eigenvalue weighted by molar-refractivity contribution is 7.90. The first-order chi connectivity index (χ1) is 14.7. The molecule has 0 spiro atoms. The second-order valence-corrected chi connectivity index (χ2v) is 10.3. The first kappa shape index (κ1) is 21.9. The third kappa shape index (κ3) is 3.86. The van der Waals surface area contributed by atoms with Crippen molar-refractivity contribution in [2.75, 3.05) is 20.3 Å². The molecule has 1 aromatic carbocycles. The van der Waals surface area contributed by atoms with E-state index in [9.17, 15) is 23.1 Å². The van der Waals surface area contributed by atoms with Crippen molar-refractivity contribution in [3.05, 3.63) is 44.7 Å². The molecule has 2 heterocycles. The normalized spacial score (nSPS) is 20.6. The molecule has 8 nitrogen and oxygen atoms in total. The van der Waals surface area contributed by atoms with E-state index in [-0.39, 0.29) is 33.2 Å². The molecule has 1 N–H and O–H groups in total. The number of benzene rings is 1. The summed E-state index contributed by atoms with van der Waals surface area (Å²) < 4.78 is 38.2. The molecular formula is C21H22ClNO7S. The average molecular weight is 468 g/mol. The van der Waals surface area contributed by atoms with Crippen LogP contribution in [0.15, 0.2) is 27.9 Å². The average Bonchev–Trinajstić information content (AvgIpc) is 3.41. The van der Waals surface area contributed by atoms with E-state index in [0.29, 0.717) is 37.3 Å². The molecule has 4 rings (SSSR count). The predicted octanol–water partition coefficient (Wildman–Crippen LogP) is 3.15. The first-order valence-corrected chi connectivity index (χ1v) is 11.9. The number of methoxy groups -OCH3 is 1. The SMILES string of the molecule is COCCCOc1cc2c(cc1Cl)-c1c(cc(C(=O)O)c(=O)n1C1CC1C)CS2(=O)=O. The number of fused-ring (bicyclic) bond motifs is 3. The highest BCUT2D eigenvalue weighted by atomic mass is 35.5. The van der Waals surface area contributed by atoms with Gasteiger partial charge in [0.2, 0.25) is 0 Å². The van der Waals surface area contributed by atoms with Gasteiger partial charge in [-0.25, -0.2) is 13.2 Å². The second-order valence-electron chi connectivity index (χ2n) is 7.93. The number of rotatable bonds is 7. The van der Waals surface area contributed by atoms with Crippen LogP contribution in [-0.4, -0.2) is 44.4 Å². The van der Waals surface area contributed by atoms with Gasteiger partial charge in [-0.05, 0) is 30.0 Å². The molecule has 1 fully saturated rings. The summed E-state index contributed by atoms with van der Waals surface area (Å²) in [5.41, 5.74) is -0.0679. The number of aromatic nitrogens is 1. The highest BCUT2D eigenvalue weighted by Crippen LogP contribution is 2.48. The maximum Gasteiger partial charge on any atom is 0.341 e. The van der Waals surface area contributed by atoms with E-state index in [2.05, 4.69) is 0 Å². The van der Waals surface area contributed by atoms with Crippen LogP contribution in [0.5, 0.6) is 5.75 Å². The summed E-state index contributed by atoms with van der Waals surface area (Å²) in [5, 5.41) is 9.69. The Morgan fingerprint density at radius 2 is 2.00 bits per heavy atom. The highest BCUT2D eigenvalue weighted by Gasteiger charge is 2.41. The number of carboxylic acid groups (broad SMARTS) is 1. The van der Waals surface area contributed by atoms with Crippen molar-refractivity contribution < 1.29 is 27.8 Å². The van der Waals surface area contributed by atoms with Crippen molar-refractivity contribution in [1.82, 2.24) is 4.57 Å². The fourth-order valence-electron chi connectivity index (χ4n) is 3.99. The Morgan fingerprint density at radius 3 is 2.61 bits per heavy atom. The van der Waals surface area contributed by atoms with Crippen LogP contribution >= 0.6 is 11.6 Å². The van der Waals surface area contributed by atoms with Crippen LogP contribution in [-0.2, 0) is 20.3 Å². The third-order valence-corrected chi connectivity index (χ3v) is 7.66. The van der Waals surface area contributed by atoms with Crippen LogP contribution in [0.1, 0.15) is 41.7 Å². The summed E-state index contributed by atoms with van der Waals surface area (Å²) in [7, 11) is -2.22. The van der Waals surface area contributed by atoms with Crippen LogP contribution in [0, 0.1) is 5.92 Å². The van der Waals surface area contributed by atoms with Gasteiger partial charge in [0, 0.05) is 37.8 Å². The molecule has 2 aliphatic rings. The Labute approximate surface area is 184 Å². The number of hydrogen-bond donors (Lipinski definition) is 1.